The van der Waals surface area contributed by atoms with Crippen LogP contribution < -0.4 is 5.32 Å². The highest BCUT2D eigenvalue weighted by molar-refractivity contribution is 7.89. The molecule has 24 heavy (non-hydrogen) atoms. The first-order valence-corrected chi connectivity index (χ1v) is 9.40. The molecular weight excluding hydrogens is 329 g/mol. The van der Waals surface area contributed by atoms with E-state index in [1.165, 1.54) is 22.5 Å². The van der Waals surface area contributed by atoms with Crippen LogP contribution >= 0.6 is 0 Å². The summed E-state index contributed by atoms with van der Waals surface area (Å²) < 4.78 is 41.0. The van der Waals surface area contributed by atoms with Gasteiger partial charge in [-0.05, 0) is 42.3 Å². The van der Waals surface area contributed by atoms with Gasteiger partial charge in [0.05, 0.1) is 4.90 Å². The number of benzene rings is 1. The number of sulfonamides is 1. The van der Waals surface area contributed by atoms with Gasteiger partial charge < -0.3 is 5.32 Å². The first-order chi connectivity index (χ1) is 11.6. The van der Waals surface area contributed by atoms with Crippen molar-refractivity contribution in [1.82, 2.24) is 14.6 Å². The molecule has 2 atom stereocenters. The molecule has 4 rings (SSSR count). The van der Waals surface area contributed by atoms with Crippen LogP contribution in [0.4, 0.5) is 4.39 Å². The molecule has 0 saturated carbocycles. The Balaban J connectivity index is 1.76. The Morgan fingerprint density at radius 2 is 2.08 bits per heavy atom. The summed E-state index contributed by atoms with van der Waals surface area (Å²) in [7, 11) is -3.75. The molecule has 5 nitrogen and oxygen atoms in total. The van der Waals surface area contributed by atoms with Gasteiger partial charge in [0, 0.05) is 37.4 Å². The van der Waals surface area contributed by atoms with Gasteiger partial charge in [-0.1, -0.05) is 12.1 Å². The standard InChI is InChI=1S/C17H18FN3O2S/c18-14-4-1-5-15(7-14)24(22,23)21-10-12-3-2-6-20-17(12)16-9-19-8-13(16)11-21/h1-7,13,16,19H,8-11H2/t13-,16+/m0/s1. The van der Waals surface area contributed by atoms with Crippen LogP contribution in [0.2, 0.25) is 0 Å². The summed E-state index contributed by atoms with van der Waals surface area (Å²) in [5.74, 6) is -0.160. The first kappa shape index (κ1) is 15.7. The molecule has 1 aromatic carbocycles. The van der Waals surface area contributed by atoms with E-state index in [0.717, 1.165) is 30.4 Å². The van der Waals surface area contributed by atoms with Gasteiger partial charge in [0.25, 0.3) is 0 Å². The number of fused-ring (bicyclic) bond motifs is 3. The predicted octanol–water partition coefficient (Wildman–Crippen LogP) is 1.73. The van der Waals surface area contributed by atoms with Crippen molar-refractivity contribution >= 4 is 10.0 Å². The molecule has 7 heteroatoms. The van der Waals surface area contributed by atoms with Gasteiger partial charge in [-0.25, -0.2) is 12.8 Å². The van der Waals surface area contributed by atoms with E-state index in [1.54, 1.807) is 6.20 Å². The minimum absolute atomic E-state index is 0.00246. The van der Waals surface area contributed by atoms with Crippen LogP contribution in [0, 0.1) is 11.7 Å². The SMILES string of the molecule is O=S(=O)(c1cccc(F)c1)N1Cc2cccnc2[C@@H]2CNC[C@H]2C1. The van der Waals surface area contributed by atoms with Gasteiger partial charge in [-0.2, -0.15) is 4.31 Å². The van der Waals surface area contributed by atoms with Crippen molar-refractivity contribution in [2.75, 3.05) is 19.6 Å². The average molecular weight is 347 g/mol. The zero-order chi connectivity index (χ0) is 16.7. The fourth-order valence-electron chi connectivity index (χ4n) is 3.64. The highest BCUT2D eigenvalue weighted by atomic mass is 32.2. The molecule has 2 aliphatic heterocycles. The highest BCUT2D eigenvalue weighted by Gasteiger charge is 2.39. The zero-order valence-electron chi connectivity index (χ0n) is 13.0. The molecule has 1 aromatic heterocycles. The number of nitrogens with one attached hydrogen (secondary N) is 1. The fourth-order valence-corrected chi connectivity index (χ4v) is 5.15. The minimum Gasteiger partial charge on any atom is -0.316 e. The minimum atomic E-state index is -3.75. The van der Waals surface area contributed by atoms with Crippen molar-refractivity contribution in [2.24, 2.45) is 5.92 Å². The third-order valence-corrected chi connectivity index (χ3v) is 6.64. The van der Waals surface area contributed by atoms with E-state index in [9.17, 15) is 12.8 Å². The fraction of sp³-hybridized carbons (Fsp3) is 0.353. The largest absolute Gasteiger partial charge is 0.316 e. The summed E-state index contributed by atoms with van der Waals surface area (Å²) in [5.41, 5.74) is 1.90. The van der Waals surface area contributed by atoms with Crippen molar-refractivity contribution in [3.63, 3.8) is 0 Å². The molecule has 0 aliphatic carbocycles. The molecule has 0 bridgehead atoms. The Kier molecular flexibility index (Phi) is 3.86. The number of hydrogen-bond donors (Lipinski definition) is 1. The smallest absolute Gasteiger partial charge is 0.243 e. The molecule has 0 amide bonds. The Bertz CT molecular complexity index is 872. The van der Waals surface area contributed by atoms with Crippen LogP contribution in [0.3, 0.4) is 0 Å². The van der Waals surface area contributed by atoms with Crippen molar-refractivity contribution < 1.29 is 12.8 Å². The van der Waals surface area contributed by atoms with Gasteiger partial charge in [-0.15, -0.1) is 0 Å². The lowest BCUT2D eigenvalue weighted by Crippen LogP contribution is -2.35. The molecule has 1 saturated heterocycles. The van der Waals surface area contributed by atoms with E-state index in [1.807, 2.05) is 12.1 Å². The normalized spacial score (nSPS) is 24.2. The summed E-state index contributed by atoms with van der Waals surface area (Å²) in [6.45, 7) is 2.25. The summed E-state index contributed by atoms with van der Waals surface area (Å²) in [5, 5.41) is 3.33. The molecule has 0 spiro atoms. The predicted molar refractivity (Wildman–Crippen MR) is 87.3 cm³/mol. The molecule has 2 aromatic rings. The third-order valence-electron chi connectivity index (χ3n) is 4.84. The van der Waals surface area contributed by atoms with Crippen LogP contribution in [-0.4, -0.2) is 37.3 Å². The molecule has 0 unspecified atom stereocenters. The van der Waals surface area contributed by atoms with E-state index in [4.69, 9.17) is 0 Å². The summed E-state index contributed by atoms with van der Waals surface area (Å²) in [4.78, 5) is 4.50. The quantitative estimate of drug-likeness (QED) is 0.899. The van der Waals surface area contributed by atoms with E-state index < -0.39 is 15.8 Å². The number of hydrogen-bond acceptors (Lipinski definition) is 4. The molecular formula is C17H18FN3O2S. The summed E-state index contributed by atoms with van der Waals surface area (Å²) in [6, 6.07) is 8.95. The molecule has 3 heterocycles. The van der Waals surface area contributed by atoms with Gasteiger partial charge in [-0.3, -0.25) is 4.98 Å². The number of aromatic nitrogens is 1. The number of rotatable bonds is 2. The second-order valence-electron chi connectivity index (χ2n) is 6.33. The van der Waals surface area contributed by atoms with Crippen LogP contribution in [-0.2, 0) is 16.6 Å². The molecule has 1 N–H and O–H groups in total. The lowest BCUT2D eigenvalue weighted by atomic mass is 9.91. The topological polar surface area (TPSA) is 62.3 Å². The Labute approximate surface area is 140 Å². The zero-order valence-corrected chi connectivity index (χ0v) is 13.8. The highest BCUT2D eigenvalue weighted by Crippen LogP contribution is 2.35. The average Bonchev–Trinajstić information content (AvgIpc) is 2.96. The molecule has 2 aliphatic rings. The second kappa shape index (κ2) is 5.91. The van der Waals surface area contributed by atoms with Crippen molar-refractivity contribution in [3.05, 3.63) is 59.7 Å². The number of nitrogens with zero attached hydrogens (tertiary/aromatic N) is 2. The Hall–Kier alpha value is -1.83. The number of pyridine rings is 1. The van der Waals surface area contributed by atoms with Crippen molar-refractivity contribution in [1.29, 1.82) is 0 Å². The maximum Gasteiger partial charge on any atom is 0.243 e. The molecule has 126 valence electrons. The monoisotopic (exact) mass is 347 g/mol. The van der Waals surface area contributed by atoms with E-state index in [0.29, 0.717) is 6.54 Å². The van der Waals surface area contributed by atoms with Crippen molar-refractivity contribution in [3.8, 4) is 0 Å². The molecule has 0 radical (unpaired) electrons. The van der Waals surface area contributed by atoms with E-state index >= 15 is 0 Å². The van der Waals surface area contributed by atoms with Crippen LogP contribution in [0.1, 0.15) is 17.2 Å². The lowest BCUT2D eigenvalue weighted by Gasteiger charge is -2.23. The Morgan fingerprint density at radius 1 is 1.21 bits per heavy atom. The maximum absolute atomic E-state index is 13.5. The van der Waals surface area contributed by atoms with Crippen molar-refractivity contribution in [2.45, 2.75) is 17.4 Å². The number of halogens is 1. The summed E-state index contributed by atoms with van der Waals surface area (Å²) in [6.07, 6.45) is 1.75. The third kappa shape index (κ3) is 2.62. The van der Waals surface area contributed by atoms with Gasteiger partial charge in [0.1, 0.15) is 5.82 Å². The summed E-state index contributed by atoms with van der Waals surface area (Å²) >= 11 is 0. The Morgan fingerprint density at radius 3 is 2.92 bits per heavy atom. The maximum atomic E-state index is 13.5. The van der Waals surface area contributed by atoms with Crippen LogP contribution in [0.25, 0.3) is 0 Å². The second-order valence-corrected chi connectivity index (χ2v) is 8.27. The van der Waals surface area contributed by atoms with Gasteiger partial charge in [0.2, 0.25) is 10.0 Å². The van der Waals surface area contributed by atoms with E-state index in [2.05, 4.69) is 10.3 Å². The van der Waals surface area contributed by atoms with Gasteiger partial charge >= 0.3 is 0 Å². The van der Waals surface area contributed by atoms with Crippen LogP contribution in [0.15, 0.2) is 47.5 Å². The van der Waals surface area contributed by atoms with Gasteiger partial charge in [0.15, 0.2) is 0 Å². The first-order valence-electron chi connectivity index (χ1n) is 7.96. The lowest BCUT2D eigenvalue weighted by molar-refractivity contribution is 0.349. The van der Waals surface area contributed by atoms with Crippen LogP contribution in [0.5, 0.6) is 0 Å². The van der Waals surface area contributed by atoms with E-state index in [-0.39, 0.29) is 23.3 Å². The molecule has 1 fully saturated rings.